The fourth-order valence-corrected chi connectivity index (χ4v) is 3.75. The number of para-hydroxylation sites is 1. The van der Waals surface area contributed by atoms with Gasteiger partial charge in [-0.25, -0.2) is 4.79 Å². The molecule has 0 aromatic heterocycles. The van der Waals surface area contributed by atoms with Gasteiger partial charge in [0.1, 0.15) is 0 Å². The lowest BCUT2D eigenvalue weighted by Crippen LogP contribution is -2.49. The zero-order chi connectivity index (χ0) is 19.6. The first-order valence-electron chi connectivity index (χ1n) is 9.66. The van der Waals surface area contributed by atoms with Gasteiger partial charge in [0.25, 0.3) is 0 Å². The van der Waals surface area contributed by atoms with Crippen molar-refractivity contribution in [2.45, 2.75) is 51.6 Å². The Morgan fingerprint density at radius 1 is 1.33 bits per heavy atom. The summed E-state index contributed by atoms with van der Waals surface area (Å²) in [4.78, 5) is 40.5. The summed E-state index contributed by atoms with van der Waals surface area (Å²) in [7, 11) is 0. The minimum atomic E-state index is -0.330. The smallest absolute Gasteiger partial charge is 0.324 e. The van der Waals surface area contributed by atoms with Crippen molar-refractivity contribution in [1.82, 2.24) is 15.5 Å². The molecule has 0 saturated carbocycles. The molecule has 0 bridgehead atoms. The molecule has 3 atom stereocenters. The van der Waals surface area contributed by atoms with Gasteiger partial charge < -0.3 is 15.5 Å². The maximum Gasteiger partial charge on any atom is 0.324 e. The molecule has 0 aliphatic carbocycles. The molecule has 0 spiro atoms. The van der Waals surface area contributed by atoms with E-state index in [2.05, 4.69) is 10.6 Å². The van der Waals surface area contributed by atoms with E-state index in [9.17, 15) is 14.4 Å². The summed E-state index contributed by atoms with van der Waals surface area (Å²) in [5, 5.41) is 5.74. The third kappa shape index (κ3) is 3.91. The van der Waals surface area contributed by atoms with Crippen molar-refractivity contribution in [3.63, 3.8) is 0 Å². The number of hydrogen-bond donors (Lipinski definition) is 2. The number of carbonyl (C=O) groups excluding carboxylic acids is 3. The number of amides is 4. The summed E-state index contributed by atoms with van der Waals surface area (Å²) in [5.74, 6) is -0.408. The number of fused-ring (bicyclic) bond motifs is 1. The third-order valence-corrected chi connectivity index (χ3v) is 5.51. The van der Waals surface area contributed by atoms with E-state index >= 15 is 0 Å². The van der Waals surface area contributed by atoms with E-state index in [1.807, 2.05) is 49.9 Å². The van der Waals surface area contributed by atoms with Crippen LogP contribution in [0.2, 0.25) is 0 Å². The summed E-state index contributed by atoms with van der Waals surface area (Å²) in [6.45, 7) is 7.10. The molecule has 146 valence electrons. The Morgan fingerprint density at radius 3 is 2.74 bits per heavy atom. The summed E-state index contributed by atoms with van der Waals surface area (Å²) in [6, 6.07) is 7.57. The molecule has 2 aliphatic heterocycles. The second-order valence-electron chi connectivity index (χ2n) is 7.42. The van der Waals surface area contributed by atoms with E-state index in [-0.39, 0.29) is 42.4 Å². The average molecular weight is 372 g/mol. The molecule has 2 aliphatic rings. The van der Waals surface area contributed by atoms with Crippen molar-refractivity contribution in [2.24, 2.45) is 0 Å². The van der Waals surface area contributed by atoms with Crippen molar-refractivity contribution in [1.29, 1.82) is 0 Å². The fraction of sp³-hybridized carbons (Fsp3) is 0.550. The van der Waals surface area contributed by atoms with Crippen LogP contribution in [0.15, 0.2) is 24.3 Å². The minimum absolute atomic E-state index is 0.0159. The Balaban J connectivity index is 1.82. The van der Waals surface area contributed by atoms with Crippen LogP contribution in [-0.2, 0) is 9.59 Å². The van der Waals surface area contributed by atoms with E-state index in [1.165, 1.54) is 4.90 Å². The Hall–Kier alpha value is -2.57. The molecule has 0 radical (unpaired) electrons. The van der Waals surface area contributed by atoms with Gasteiger partial charge in [0.15, 0.2) is 0 Å². The van der Waals surface area contributed by atoms with Crippen molar-refractivity contribution in [2.75, 3.05) is 24.5 Å². The third-order valence-electron chi connectivity index (χ3n) is 5.51. The minimum Gasteiger partial charge on any atom is -0.359 e. The molecule has 1 aromatic rings. The number of hydrogen-bond acceptors (Lipinski definition) is 4. The van der Waals surface area contributed by atoms with Crippen molar-refractivity contribution in [3.8, 4) is 0 Å². The van der Waals surface area contributed by atoms with Gasteiger partial charge in [0, 0.05) is 30.9 Å². The van der Waals surface area contributed by atoms with Crippen LogP contribution in [0.5, 0.6) is 0 Å². The molecule has 2 N–H and O–H groups in total. The highest BCUT2D eigenvalue weighted by atomic mass is 16.2. The lowest BCUT2D eigenvalue weighted by molar-refractivity contribution is -0.126. The van der Waals surface area contributed by atoms with Crippen molar-refractivity contribution >= 4 is 23.5 Å². The van der Waals surface area contributed by atoms with Gasteiger partial charge >= 0.3 is 6.03 Å². The molecule has 27 heavy (non-hydrogen) atoms. The van der Waals surface area contributed by atoms with Gasteiger partial charge in [-0.1, -0.05) is 25.1 Å². The first-order valence-corrected chi connectivity index (χ1v) is 9.66. The molecule has 7 heteroatoms. The standard InChI is InChI=1S/C20H28N4O3/c1-4-13(2)22-19(26)16-11-14(3)24(17-8-6-5-7-15(16)17)12-18(25)23-10-9-21-20(23)27/h5-8,13-14,16H,4,9-12H2,1-3H3,(H,21,27)(H,22,26)/t13-,14+,16+/m0/s1. The van der Waals surface area contributed by atoms with Crippen LogP contribution in [0.3, 0.4) is 0 Å². The summed E-state index contributed by atoms with van der Waals surface area (Å²) >= 11 is 0. The summed E-state index contributed by atoms with van der Waals surface area (Å²) in [5.41, 5.74) is 1.84. The summed E-state index contributed by atoms with van der Waals surface area (Å²) < 4.78 is 0. The number of anilines is 1. The highest BCUT2D eigenvalue weighted by Gasteiger charge is 2.36. The van der Waals surface area contributed by atoms with Crippen molar-refractivity contribution in [3.05, 3.63) is 29.8 Å². The van der Waals surface area contributed by atoms with Gasteiger partial charge in [-0.3, -0.25) is 14.5 Å². The Bertz CT molecular complexity index is 736. The molecular formula is C20H28N4O3. The Morgan fingerprint density at radius 2 is 2.07 bits per heavy atom. The molecule has 3 rings (SSSR count). The molecule has 1 saturated heterocycles. The van der Waals surface area contributed by atoms with E-state index in [4.69, 9.17) is 0 Å². The number of rotatable bonds is 5. The normalized spacial score (nSPS) is 22.9. The number of urea groups is 1. The number of nitrogens with one attached hydrogen (secondary N) is 2. The number of imide groups is 1. The molecule has 0 unspecified atom stereocenters. The van der Waals surface area contributed by atoms with E-state index < -0.39 is 0 Å². The van der Waals surface area contributed by atoms with E-state index in [0.717, 1.165) is 17.7 Å². The predicted molar refractivity (Wildman–Crippen MR) is 104 cm³/mol. The summed E-state index contributed by atoms with van der Waals surface area (Å²) in [6.07, 6.45) is 1.52. The fourth-order valence-electron chi connectivity index (χ4n) is 3.75. The lowest BCUT2D eigenvalue weighted by Gasteiger charge is -2.40. The highest BCUT2D eigenvalue weighted by molar-refractivity contribution is 5.98. The number of nitrogens with zero attached hydrogens (tertiary/aromatic N) is 2. The topological polar surface area (TPSA) is 81.8 Å². The maximum absolute atomic E-state index is 12.8. The van der Waals surface area contributed by atoms with Gasteiger partial charge in [0.2, 0.25) is 11.8 Å². The maximum atomic E-state index is 12.8. The second kappa shape index (κ2) is 7.98. The van der Waals surface area contributed by atoms with Gasteiger partial charge in [-0.05, 0) is 38.3 Å². The van der Waals surface area contributed by atoms with Gasteiger partial charge in [0.05, 0.1) is 12.5 Å². The van der Waals surface area contributed by atoms with Crippen LogP contribution in [0, 0.1) is 0 Å². The first-order chi connectivity index (χ1) is 12.9. The Kier molecular flexibility index (Phi) is 5.68. The molecule has 1 aromatic carbocycles. The van der Waals surface area contributed by atoms with Crippen LogP contribution in [0.4, 0.5) is 10.5 Å². The number of benzene rings is 1. The van der Waals surface area contributed by atoms with E-state index in [1.54, 1.807) is 0 Å². The monoisotopic (exact) mass is 372 g/mol. The zero-order valence-corrected chi connectivity index (χ0v) is 16.2. The number of carbonyl (C=O) groups is 3. The van der Waals surface area contributed by atoms with Crippen LogP contribution in [0.25, 0.3) is 0 Å². The molecule has 4 amide bonds. The van der Waals surface area contributed by atoms with Crippen LogP contribution < -0.4 is 15.5 Å². The van der Waals surface area contributed by atoms with Crippen molar-refractivity contribution < 1.29 is 14.4 Å². The van der Waals surface area contributed by atoms with Crippen LogP contribution in [0.1, 0.15) is 45.1 Å². The Labute approximate surface area is 160 Å². The zero-order valence-electron chi connectivity index (χ0n) is 16.2. The largest absolute Gasteiger partial charge is 0.359 e. The quantitative estimate of drug-likeness (QED) is 0.826. The molecule has 7 nitrogen and oxygen atoms in total. The molecule has 2 heterocycles. The van der Waals surface area contributed by atoms with Crippen LogP contribution >= 0.6 is 0 Å². The first kappa shape index (κ1) is 19.2. The van der Waals surface area contributed by atoms with Crippen LogP contribution in [-0.4, -0.2) is 54.5 Å². The highest BCUT2D eigenvalue weighted by Crippen LogP contribution is 2.38. The van der Waals surface area contributed by atoms with Gasteiger partial charge in [-0.2, -0.15) is 0 Å². The molecule has 1 fully saturated rings. The lowest BCUT2D eigenvalue weighted by atomic mass is 9.85. The molecular weight excluding hydrogens is 344 g/mol. The predicted octanol–water partition coefficient (Wildman–Crippen LogP) is 1.84. The second-order valence-corrected chi connectivity index (χ2v) is 7.42. The average Bonchev–Trinajstić information content (AvgIpc) is 3.09. The SMILES string of the molecule is CC[C@H](C)NC(=O)[C@@H]1C[C@@H](C)N(CC(=O)N2CCNC2=O)c2ccccc21. The van der Waals surface area contributed by atoms with Gasteiger partial charge in [-0.15, -0.1) is 0 Å². The van der Waals surface area contributed by atoms with E-state index in [0.29, 0.717) is 19.5 Å².